The number of hydrogen-bond donors (Lipinski definition) is 1. The van der Waals surface area contributed by atoms with Crippen LogP contribution in [0, 0.1) is 0 Å². The normalized spacial score (nSPS) is 13.4. The highest BCUT2D eigenvalue weighted by molar-refractivity contribution is 6.30. The van der Waals surface area contributed by atoms with E-state index in [0.29, 0.717) is 22.4 Å². The predicted octanol–water partition coefficient (Wildman–Crippen LogP) is 3.06. The molecule has 3 heterocycles. The molecule has 3 aromatic rings. The third-order valence-electron chi connectivity index (χ3n) is 3.47. The second-order valence-electron chi connectivity index (χ2n) is 4.87. The molecule has 0 atom stereocenters. The van der Waals surface area contributed by atoms with Gasteiger partial charge in [0.15, 0.2) is 0 Å². The number of nitrogens with one attached hydrogen (secondary N) is 1. The Morgan fingerprint density at radius 3 is 2.86 bits per heavy atom. The van der Waals surface area contributed by atoms with Crippen LogP contribution in [0.5, 0.6) is 0 Å². The molecule has 1 aromatic carbocycles. The number of hydrogen-bond acceptors (Lipinski definition) is 5. The van der Waals surface area contributed by atoms with Crippen LogP contribution in [0.1, 0.15) is 11.1 Å². The molecule has 6 heteroatoms. The van der Waals surface area contributed by atoms with Gasteiger partial charge in [-0.2, -0.15) is 4.98 Å². The number of halogens is 1. The molecule has 4 rings (SSSR count). The summed E-state index contributed by atoms with van der Waals surface area (Å²) >= 11 is 5.82. The highest BCUT2D eigenvalue weighted by Crippen LogP contribution is 2.25. The van der Waals surface area contributed by atoms with Gasteiger partial charge in [-0.25, -0.2) is 0 Å². The SMILES string of the molecule is Clc1ccc(-c2noc(-c3ccc4c(c3)CNC4)n2)nc1. The summed E-state index contributed by atoms with van der Waals surface area (Å²) in [5, 5.41) is 7.87. The molecule has 21 heavy (non-hydrogen) atoms. The Labute approximate surface area is 126 Å². The molecule has 0 radical (unpaired) electrons. The van der Waals surface area contributed by atoms with E-state index in [1.807, 2.05) is 6.07 Å². The van der Waals surface area contributed by atoms with E-state index in [-0.39, 0.29) is 0 Å². The van der Waals surface area contributed by atoms with E-state index in [1.165, 1.54) is 11.1 Å². The largest absolute Gasteiger partial charge is 0.334 e. The fourth-order valence-corrected chi connectivity index (χ4v) is 2.49. The summed E-state index contributed by atoms with van der Waals surface area (Å²) in [5.41, 5.74) is 4.15. The molecule has 0 amide bonds. The fraction of sp³-hybridized carbons (Fsp3) is 0.133. The van der Waals surface area contributed by atoms with Gasteiger partial charge in [0.25, 0.3) is 5.89 Å². The van der Waals surface area contributed by atoms with Crippen LogP contribution in [0.3, 0.4) is 0 Å². The average molecular weight is 299 g/mol. The third kappa shape index (κ3) is 2.30. The highest BCUT2D eigenvalue weighted by Gasteiger charge is 2.15. The van der Waals surface area contributed by atoms with Crippen LogP contribution in [0.25, 0.3) is 23.0 Å². The molecule has 1 N–H and O–H groups in total. The van der Waals surface area contributed by atoms with E-state index in [1.54, 1.807) is 18.3 Å². The average Bonchev–Trinajstić information content (AvgIpc) is 3.16. The predicted molar refractivity (Wildman–Crippen MR) is 78.5 cm³/mol. The van der Waals surface area contributed by atoms with Crippen molar-refractivity contribution in [2.75, 3.05) is 0 Å². The lowest BCUT2D eigenvalue weighted by atomic mass is 10.1. The zero-order chi connectivity index (χ0) is 14.2. The second-order valence-corrected chi connectivity index (χ2v) is 5.31. The fourth-order valence-electron chi connectivity index (χ4n) is 2.38. The van der Waals surface area contributed by atoms with Crippen LogP contribution < -0.4 is 5.32 Å². The van der Waals surface area contributed by atoms with Gasteiger partial charge < -0.3 is 9.84 Å². The van der Waals surface area contributed by atoms with Gasteiger partial charge in [0.2, 0.25) is 5.82 Å². The Morgan fingerprint density at radius 1 is 1.10 bits per heavy atom. The van der Waals surface area contributed by atoms with Gasteiger partial charge in [0.1, 0.15) is 5.69 Å². The van der Waals surface area contributed by atoms with Crippen LogP contribution in [0.4, 0.5) is 0 Å². The number of benzene rings is 1. The van der Waals surface area contributed by atoms with Crippen molar-refractivity contribution in [2.45, 2.75) is 13.1 Å². The molecule has 1 aliphatic heterocycles. The molecule has 2 aromatic heterocycles. The summed E-state index contributed by atoms with van der Waals surface area (Å²) in [6.45, 7) is 1.79. The Morgan fingerprint density at radius 2 is 2.00 bits per heavy atom. The van der Waals surface area contributed by atoms with Gasteiger partial charge in [0.05, 0.1) is 5.02 Å². The third-order valence-corrected chi connectivity index (χ3v) is 3.69. The smallest absolute Gasteiger partial charge is 0.258 e. The lowest BCUT2D eigenvalue weighted by Gasteiger charge is -1.99. The standard InChI is InChI=1S/C15H11ClN4O/c16-12-3-4-13(18-8-12)14-19-15(21-20-14)9-1-2-10-6-17-7-11(10)5-9/h1-5,8,17H,6-7H2. The van der Waals surface area contributed by atoms with Crippen molar-refractivity contribution in [1.82, 2.24) is 20.4 Å². The monoisotopic (exact) mass is 298 g/mol. The zero-order valence-electron chi connectivity index (χ0n) is 11.0. The van der Waals surface area contributed by atoms with Crippen molar-refractivity contribution in [1.29, 1.82) is 0 Å². The lowest BCUT2D eigenvalue weighted by molar-refractivity contribution is 0.432. The van der Waals surface area contributed by atoms with Gasteiger partial charge in [-0.15, -0.1) is 0 Å². The quantitative estimate of drug-likeness (QED) is 0.788. The highest BCUT2D eigenvalue weighted by atomic mass is 35.5. The first-order valence-corrected chi connectivity index (χ1v) is 6.96. The molecule has 0 saturated carbocycles. The zero-order valence-corrected chi connectivity index (χ0v) is 11.8. The van der Waals surface area contributed by atoms with Crippen molar-refractivity contribution >= 4 is 11.6 Å². The summed E-state index contributed by atoms with van der Waals surface area (Å²) in [6, 6.07) is 9.69. The summed E-state index contributed by atoms with van der Waals surface area (Å²) < 4.78 is 5.34. The summed E-state index contributed by atoms with van der Waals surface area (Å²) in [7, 11) is 0. The van der Waals surface area contributed by atoms with Crippen LogP contribution in [0.2, 0.25) is 5.02 Å². The molecule has 1 aliphatic rings. The number of rotatable bonds is 2. The van der Waals surface area contributed by atoms with Crippen molar-refractivity contribution in [3.63, 3.8) is 0 Å². The Bertz CT molecular complexity index is 798. The van der Waals surface area contributed by atoms with E-state index in [4.69, 9.17) is 16.1 Å². The first kappa shape index (κ1) is 12.5. The molecule has 0 aliphatic carbocycles. The van der Waals surface area contributed by atoms with Crippen LogP contribution in [0.15, 0.2) is 41.1 Å². The molecule has 104 valence electrons. The first-order chi connectivity index (χ1) is 10.3. The minimum absolute atomic E-state index is 0.459. The maximum atomic E-state index is 5.82. The minimum Gasteiger partial charge on any atom is -0.334 e. The molecule has 0 bridgehead atoms. The first-order valence-electron chi connectivity index (χ1n) is 6.58. The van der Waals surface area contributed by atoms with E-state index < -0.39 is 0 Å². The summed E-state index contributed by atoms with van der Waals surface area (Å²) in [4.78, 5) is 8.59. The van der Waals surface area contributed by atoms with E-state index in [2.05, 4.69) is 32.6 Å². The number of aromatic nitrogens is 3. The van der Waals surface area contributed by atoms with Gasteiger partial charge in [-0.1, -0.05) is 22.8 Å². The topological polar surface area (TPSA) is 63.8 Å². The van der Waals surface area contributed by atoms with Crippen LogP contribution in [-0.4, -0.2) is 15.1 Å². The van der Waals surface area contributed by atoms with E-state index in [0.717, 1.165) is 18.7 Å². The lowest BCUT2D eigenvalue weighted by Crippen LogP contribution is -1.99. The van der Waals surface area contributed by atoms with Crippen molar-refractivity contribution in [3.8, 4) is 23.0 Å². The van der Waals surface area contributed by atoms with Gasteiger partial charge >= 0.3 is 0 Å². The molecule has 5 nitrogen and oxygen atoms in total. The van der Waals surface area contributed by atoms with Crippen molar-refractivity contribution < 1.29 is 4.52 Å². The maximum absolute atomic E-state index is 5.82. The summed E-state index contributed by atoms with van der Waals surface area (Å²) in [6.07, 6.45) is 1.56. The number of fused-ring (bicyclic) bond motifs is 1. The number of pyridine rings is 1. The molecular formula is C15H11ClN4O. The van der Waals surface area contributed by atoms with Crippen molar-refractivity contribution in [2.24, 2.45) is 0 Å². The number of nitrogens with zero attached hydrogens (tertiary/aromatic N) is 3. The molecular weight excluding hydrogens is 288 g/mol. The summed E-state index contributed by atoms with van der Waals surface area (Å²) in [5.74, 6) is 0.955. The Balaban J connectivity index is 1.69. The maximum Gasteiger partial charge on any atom is 0.258 e. The van der Waals surface area contributed by atoms with Gasteiger partial charge in [-0.05, 0) is 35.4 Å². The molecule has 0 fully saturated rings. The van der Waals surface area contributed by atoms with Crippen molar-refractivity contribution in [3.05, 3.63) is 52.7 Å². The van der Waals surface area contributed by atoms with Crippen LogP contribution >= 0.6 is 11.6 Å². The van der Waals surface area contributed by atoms with Crippen LogP contribution in [-0.2, 0) is 13.1 Å². The van der Waals surface area contributed by atoms with Gasteiger partial charge in [-0.3, -0.25) is 4.98 Å². The Hall–Kier alpha value is -2.24. The molecule has 0 spiro atoms. The van der Waals surface area contributed by atoms with E-state index >= 15 is 0 Å². The minimum atomic E-state index is 0.459. The van der Waals surface area contributed by atoms with Gasteiger partial charge in [0, 0.05) is 24.8 Å². The van der Waals surface area contributed by atoms with E-state index in [9.17, 15) is 0 Å². The second kappa shape index (κ2) is 4.95. The Kier molecular flexibility index (Phi) is 2.94. The molecule has 0 saturated heterocycles. The molecule has 0 unspecified atom stereocenters.